The van der Waals surface area contributed by atoms with Gasteiger partial charge in [-0.25, -0.2) is 0 Å². The molecule has 0 spiro atoms. The van der Waals surface area contributed by atoms with Crippen LogP contribution in [0.25, 0.3) is 0 Å². The van der Waals surface area contributed by atoms with E-state index in [9.17, 15) is 4.39 Å². The molecule has 174 valence electrons. The van der Waals surface area contributed by atoms with Crippen LogP contribution in [0.4, 0.5) is 4.39 Å². The predicted molar refractivity (Wildman–Crippen MR) is 132 cm³/mol. The fourth-order valence-corrected chi connectivity index (χ4v) is 6.42. The van der Waals surface area contributed by atoms with Crippen LogP contribution < -0.4 is 0 Å². The van der Waals surface area contributed by atoms with E-state index in [4.69, 9.17) is 4.74 Å². The number of fused-ring (bicyclic) bond motifs is 1. The second kappa shape index (κ2) is 8.94. The van der Waals surface area contributed by atoms with Crippen molar-refractivity contribution in [3.8, 4) is 0 Å². The third-order valence-electron chi connectivity index (χ3n) is 7.84. The Hall–Kier alpha value is -2.08. The van der Waals surface area contributed by atoms with Crippen LogP contribution in [0, 0.1) is 17.5 Å². The first kappa shape index (κ1) is 22.7. The maximum absolute atomic E-state index is 13.7. The Morgan fingerprint density at radius 2 is 2.03 bits per heavy atom. The highest BCUT2D eigenvalue weighted by molar-refractivity contribution is 7.10. The summed E-state index contributed by atoms with van der Waals surface area (Å²) in [5.74, 6) is 0. The maximum Gasteiger partial charge on any atom is 0.176 e. The Morgan fingerprint density at radius 1 is 1.18 bits per heavy atom. The minimum atomic E-state index is -0.119. The first-order valence-electron chi connectivity index (χ1n) is 12.0. The fourth-order valence-electron chi connectivity index (χ4n) is 5.69. The number of benzene rings is 1. The molecule has 3 aromatic rings. The normalized spacial score (nSPS) is 23.6. The van der Waals surface area contributed by atoms with Crippen molar-refractivity contribution in [1.29, 1.82) is 0 Å². The van der Waals surface area contributed by atoms with E-state index < -0.39 is 0 Å². The first-order chi connectivity index (χ1) is 15.9. The van der Waals surface area contributed by atoms with Crippen molar-refractivity contribution in [2.75, 3.05) is 19.7 Å². The molecule has 0 amide bonds. The van der Waals surface area contributed by atoms with Crippen molar-refractivity contribution in [3.05, 3.63) is 87.1 Å². The number of hydrogen-bond acceptors (Lipinski definition) is 4. The molecule has 3 nitrogen and oxygen atoms in total. The van der Waals surface area contributed by atoms with E-state index in [1.165, 1.54) is 28.0 Å². The number of nitrogens with zero attached hydrogens (tertiary/aromatic N) is 2. The van der Waals surface area contributed by atoms with Crippen molar-refractivity contribution < 1.29 is 9.13 Å². The molecule has 4 heterocycles. The Morgan fingerprint density at radius 3 is 2.79 bits per heavy atom. The van der Waals surface area contributed by atoms with Gasteiger partial charge in [-0.1, -0.05) is 30.3 Å². The van der Waals surface area contributed by atoms with E-state index in [1.807, 2.05) is 19.2 Å². The Labute approximate surface area is 200 Å². The van der Waals surface area contributed by atoms with Gasteiger partial charge in [0.05, 0.1) is 12.7 Å². The largest absolute Gasteiger partial charge is 0.373 e. The highest BCUT2D eigenvalue weighted by Gasteiger charge is 2.50. The molecule has 2 unspecified atom stereocenters. The van der Waals surface area contributed by atoms with Crippen LogP contribution in [0.2, 0.25) is 0 Å². The zero-order valence-electron chi connectivity index (χ0n) is 19.8. The minimum Gasteiger partial charge on any atom is -0.373 e. The van der Waals surface area contributed by atoms with Crippen molar-refractivity contribution in [2.24, 2.45) is 5.41 Å². The highest BCUT2D eigenvalue weighted by atomic mass is 32.1. The van der Waals surface area contributed by atoms with E-state index in [0.717, 1.165) is 56.0 Å². The van der Waals surface area contributed by atoms with Crippen LogP contribution in [0.1, 0.15) is 60.1 Å². The zero-order valence-corrected chi connectivity index (χ0v) is 20.6. The number of likely N-dealkylation sites (tertiary alicyclic amines) is 1. The van der Waals surface area contributed by atoms with Crippen molar-refractivity contribution in [3.63, 3.8) is 0 Å². The Balaban J connectivity index is 1.47. The first-order valence-corrected chi connectivity index (χ1v) is 12.8. The summed E-state index contributed by atoms with van der Waals surface area (Å²) in [5.41, 5.74) is 4.92. The lowest BCUT2D eigenvalue weighted by molar-refractivity contribution is -0.0561. The van der Waals surface area contributed by atoms with Crippen molar-refractivity contribution in [2.45, 2.75) is 58.1 Å². The van der Waals surface area contributed by atoms with Crippen molar-refractivity contribution in [1.82, 2.24) is 9.88 Å². The molecule has 2 aromatic heterocycles. The molecule has 0 aliphatic carbocycles. The molecule has 1 saturated heterocycles. The van der Waals surface area contributed by atoms with E-state index >= 15 is 0 Å². The smallest absolute Gasteiger partial charge is 0.176 e. The van der Waals surface area contributed by atoms with Gasteiger partial charge in [0.25, 0.3) is 0 Å². The van der Waals surface area contributed by atoms with Crippen LogP contribution in [-0.2, 0) is 23.1 Å². The maximum atomic E-state index is 13.7. The summed E-state index contributed by atoms with van der Waals surface area (Å²) in [6.07, 6.45) is 6.02. The van der Waals surface area contributed by atoms with Gasteiger partial charge in [0.15, 0.2) is 5.13 Å². The van der Waals surface area contributed by atoms with Gasteiger partial charge in [-0.15, -0.1) is 11.3 Å². The summed E-state index contributed by atoms with van der Waals surface area (Å²) < 4.78 is 20.2. The SMILES string of the molecule is Cc1ccc(C(C)(C)N2CCC(CCc3ccc(F)s3)(C3OCCc4ccccc43)C2)cn1. The predicted octanol–water partition coefficient (Wildman–Crippen LogP) is 6.46. The number of aromatic nitrogens is 1. The molecule has 0 bridgehead atoms. The average molecular weight is 465 g/mol. The molecule has 1 fully saturated rings. The van der Waals surface area contributed by atoms with Gasteiger partial charge in [0.2, 0.25) is 0 Å². The topological polar surface area (TPSA) is 25.4 Å². The Bertz CT molecular complexity index is 1110. The molecule has 5 heteroatoms. The fraction of sp³-hybridized carbons (Fsp3) is 0.464. The summed E-state index contributed by atoms with van der Waals surface area (Å²) >= 11 is 1.28. The van der Waals surface area contributed by atoms with Crippen LogP contribution in [0.15, 0.2) is 54.7 Å². The monoisotopic (exact) mass is 464 g/mol. The lowest BCUT2D eigenvalue weighted by atomic mass is 9.72. The van der Waals surface area contributed by atoms with Gasteiger partial charge < -0.3 is 4.74 Å². The highest BCUT2D eigenvalue weighted by Crippen LogP contribution is 2.52. The molecule has 2 aliphatic heterocycles. The molecule has 0 radical (unpaired) electrons. The number of rotatable bonds is 6. The molecular weight excluding hydrogens is 431 g/mol. The van der Waals surface area contributed by atoms with E-state index in [1.54, 1.807) is 6.07 Å². The van der Waals surface area contributed by atoms with Crippen LogP contribution >= 0.6 is 11.3 Å². The number of thiophene rings is 1. The molecule has 33 heavy (non-hydrogen) atoms. The lowest BCUT2D eigenvalue weighted by Gasteiger charge is -2.43. The van der Waals surface area contributed by atoms with Gasteiger partial charge in [-0.3, -0.25) is 9.88 Å². The van der Waals surface area contributed by atoms with Gasteiger partial charge in [-0.05, 0) is 87.9 Å². The number of hydrogen-bond donors (Lipinski definition) is 0. The van der Waals surface area contributed by atoms with E-state index in [-0.39, 0.29) is 22.2 Å². The Kier molecular flexibility index (Phi) is 6.15. The minimum absolute atomic E-state index is 0.00755. The van der Waals surface area contributed by atoms with Gasteiger partial charge in [0.1, 0.15) is 0 Å². The van der Waals surface area contributed by atoms with Crippen LogP contribution in [0.5, 0.6) is 0 Å². The quantitative estimate of drug-likeness (QED) is 0.418. The van der Waals surface area contributed by atoms with E-state index in [0.29, 0.717) is 0 Å². The summed E-state index contributed by atoms with van der Waals surface area (Å²) in [5, 5.41) is -0.0978. The zero-order chi connectivity index (χ0) is 23.1. The summed E-state index contributed by atoms with van der Waals surface area (Å²) in [6.45, 7) is 9.38. The molecular formula is C28H33FN2OS. The molecule has 0 saturated carbocycles. The number of aryl methyl sites for hydroxylation is 2. The molecule has 5 rings (SSSR count). The van der Waals surface area contributed by atoms with Crippen LogP contribution in [-0.4, -0.2) is 29.6 Å². The number of pyridine rings is 1. The molecule has 2 atom stereocenters. The van der Waals surface area contributed by atoms with E-state index in [2.05, 4.69) is 60.1 Å². The standard InChI is InChI=1S/C28H33FN2OS/c1-20-8-9-22(18-30-20)27(2,3)31-16-15-28(19-31,14-12-23-10-11-25(29)33-23)26-24-7-5-4-6-21(24)13-17-32-26/h4-11,18,26H,12-17,19H2,1-3H3. The third-order valence-corrected chi connectivity index (χ3v) is 8.78. The van der Waals surface area contributed by atoms with Crippen molar-refractivity contribution >= 4 is 11.3 Å². The molecule has 1 aromatic carbocycles. The molecule has 2 aliphatic rings. The summed E-state index contributed by atoms with van der Waals surface area (Å²) in [4.78, 5) is 8.29. The second-order valence-electron chi connectivity index (χ2n) is 10.2. The van der Waals surface area contributed by atoms with Crippen LogP contribution in [0.3, 0.4) is 0 Å². The lowest BCUT2D eigenvalue weighted by Crippen LogP contribution is -2.43. The number of halogens is 1. The average Bonchev–Trinajstić information content (AvgIpc) is 3.45. The summed E-state index contributed by atoms with van der Waals surface area (Å²) in [7, 11) is 0. The van der Waals surface area contributed by atoms with Gasteiger partial charge >= 0.3 is 0 Å². The third kappa shape index (κ3) is 4.39. The number of ether oxygens (including phenoxy) is 1. The second-order valence-corrected chi connectivity index (χ2v) is 11.3. The molecule has 0 N–H and O–H groups in total. The van der Waals surface area contributed by atoms with Gasteiger partial charge in [-0.2, -0.15) is 4.39 Å². The van der Waals surface area contributed by atoms with Gasteiger partial charge in [0, 0.05) is 34.3 Å². The summed E-state index contributed by atoms with van der Waals surface area (Å²) in [6, 6.07) is 16.6.